The van der Waals surface area contributed by atoms with Gasteiger partial charge in [0.1, 0.15) is 11.5 Å². The van der Waals surface area contributed by atoms with Crippen molar-refractivity contribution in [2.24, 2.45) is 0 Å². The third kappa shape index (κ3) is 2.59. The maximum atomic E-state index is 13.5. The number of aromatic hydroxyl groups is 2. The van der Waals surface area contributed by atoms with Gasteiger partial charge in [0, 0.05) is 0 Å². The van der Waals surface area contributed by atoms with Crippen LogP contribution >= 0.6 is 0 Å². The highest BCUT2D eigenvalue weighted by Crippen LogP contribution is 2.34. The molecule has 1 unspecified atom stereocenters. The third-order valence-corrected chi connectivity index (χ3v) is 2.82. The van der Waals surface area contributed by atoms with Crippen LogP contribution in [0.5, 0.6) is 11.5 Å². The summed E-state index contributed by atoms with van der Waals surface area (Å²) in [5.41, 5.74) is 0.196. The SMILES string of the molecule is CC(Nc1cccc(F)c1F)c1c(O)cccc1O. The zero-order chi connectivity index (χ0) is 14.0. The average Bonchev–Trinajstić information content (AvgIpc) is 2.35. The van der Waals surface area contributed by atoms with Gasteiger partial charge in [0.05, 0.1) is 17.3 Å². The van der Waals surface area contributed by atoms with E-state index in [0.29, 0.717) is 0 Å². The van der Waals surface area contributed by atoms with Crippen LogP contribution in [0.4, 0.5) is 14.5 Å². The second-order valence-corrected chi connectivity index (χ2v) is 4.18. The summed E-state index contributed by atoms with van der Waals surface area (Å²) in [5.74, 6) is -2.18. The molecule has 100 valence electrons. The number of phenolic OH excluding ortho intramolecular Hbond substituents is 2. The lowest BCUT2D eigenvalue weighted by Gasteiger charge is -2.18. The highest BCUT2D eigenvalue weighted by Gasteiger charge is 2.17. The number of rotatable bonds is 3. The van der Waals surface area contributed by atoms with Crippen molar-refractivity contribution in [3.05, 3.63) is 53.6 Å². The molecule has 3 N–H and O–H groups in total. The Labute approximate surface area is 109 Å². The number of phenols is 2. The van der Waals surface area contributed by atoms with E-state index in [-0.39, 0.29) is 22.7 Å². The summed E-state index contributed by atoms with van der Waals surface area (Å²) in [6.45, 7) is 1.62. The molecule has 0 radical (unpaired) electrons. The molecule has 0 spiro atoms. The first kappa shape index (κ1) is 13.1. The Balaban J connectivity index is 2.31. The molecule has 0 bridgehead atoms. The van der Waals surface area contributed by atoms with E-state index >= 15 is 0 Å². The number of hydrogen-bond donors (Lipinski definition) is 3. The lowest BCUT2D eigenvalue weighted by Crippen LogP contribution is -2.09. The molecule has 0 saturated carbocycles. The fraction of sp³-hybridized carbons (Fsp3) is 0.143. The first-order valence-electron chi connectivity index (χ1n) is 5.72. The van der Waals surface area contributed by atoms with Gasteiger partial charge in [0.15, 0.2) is 11.6 Å². The van der Waals surface area contributed by atoms with Gasteiger partial charge in [0.25, 0.3) is 0 Å². The van der Waals surface area contributed by atoms with Gasteiger partial charge >= 0.3 is 0 Å². The zero-order valence-corrected chi connectivity index (χ0v) is 10.2. The Morgan fingerprint density at radius 1 is 1.00 bits per heavy atom. The fourth-order valence-electron chi connectivity index (χ4n) is 1.91. The van der Waals surface area contributed by atoms with Gasteiger partial charge in [-0.15, -0.1) is 0 Å². The Hall–Kier alpha value is -2.30. The number of anilines is 1. The topological polar surface area (TPSA) is 52.5 Å². The second kappa shape index (κ2) is 5.14. The molecule has 0 aliphatic heterocycles. The molecule has 0 aliphatic carbocycles. The number of nitrogens with one attached hydrogen (secondary N) is 1. The molecule has 0 fully saturated rings. The highest BCUT2D eigenvalue weighted by molar-refractivity contribution is 5.52. The number of benzene rings is 2. The Morgan fingerprint density at radius 2 is 1.58 bits per heavy atom. The maximum absolute atomic E-state index is 13.5. The van der Waals surface area contributed by atoms with E-state index in [1.54, 1.807) is 6.92 Å². The van der Waals surface area contributed by atoms with Gasteiger partial charge < -0.3 is 15.5 Å². The van der Waals surface area contributed by atoms with Gasteiger partial charge in [-0.2, -0.15) is 0 Å². The van der Waals surface area contributed by atoms with Gasteiger partial charge in [0.2, 0.25) is 0 Å². The van der Waals surface area contributed by atoms with Crippen molar-refractivity contribution < 1.29 is 19.0 Å². The van der Waals surface area contributed by atoms with E-state index in [0.717, 1.165) is 6.07 Å². The standard InChI is InChI=1S/C14H13F2NO2/c1-8(13-11(18)6-3-7-12(13)19)17-10-5-2-4-9(15)14(10)16/h2-8,17-19H,1H3. The Morgan fingerprint density at radius 3 is 2.21 bits per heavy atom. The highest BCUT2D eigenvalue weighted by atomic mass is 19.2. The number of halogens is 2. The molecule has 2 rings (SSSR count). The van der Waals surface area contributed by atoms with Gasteiger partial charge in [-0.25, -0.2) is 8.78 Å². The van der Waals surface area contributed by atoms with Crippen LogP contribution in [-0.4, -0.2) is 10.2 Å². The first-order valence-corrected chi connectivity index (χ1v) is 5.72. The Kier molecular flexibility index (Phi) is 3.55. The molecular formula is C14H13F2NO2. The van der Waals surface area contributed by atoms with E-state index in [9.17, 15) is 19.0 Å². The summed E-state index contributed by atoms with van der Waals surface area (Å²) in [4.78, 5) is 0. The van der Waals surface area contributed by atoms with Crippen molar-refractivity contribution in [1.29, 1.82) is 0 Å². The average molecular weight is 265 g/mol. The van der Waals surface area contributed by atoms with Crippen LogP contribution in [0.1, 0.15) is 18.5 Å². The first-order chi connectivity index (χ1) is 9.00. The van der Waals surface area contributed by atoms with Crippen molar-refractivity contribution in [3.8, 4) is 11.5 Å². The summed E-state index contributed by atoms with van der Waals surface area (Å²) >= 11 is 0. The zero-order valence-electron chi connectivity index (χ0n) is 10.2. The van der Waals surface area contributed by atoms with E-state index in [2.05, 4.69) is 5.32 Å². The van der Waals surface area contributed by atoms with Crippen LogP contribution in [0.25, 0.3) is 0 Å². The van der Waals surface area contributed by atoms with E-state index < -0.39 is 17.7 Å². The van der Waals surface area contributed by atoms with Crippen LogP contribution in [0.3, 0.4) is 0 Å². The molecular weight excluding hydrogens is 252 g/mol. The smallest absolute Gasteiger partial charge is 0.181 e. The summed E-state index contributed by atoms with van der Waals surface area (Å²) in [5, 5.41) is 22.1. The molecule has 0 amide bonds. The van der Waals surface area contributed by atoms with Crippen LogP contribution in [0.2, 0.25) is 0 Å². The molecule has 0 saturated heterocycles. The van der Waals surface area contributed by atoms with Crippen molar-refractivity contribution in [3.63, 3.8) is 0 Å². The predicted octanol–water partition coefficient (Wildman–Crippen LogP) is 3.55. The molecule has 0 aliphatic rings. The maximum Gasteiger partial charge on any atom is 0.181 e. The van der Waals surface area contributed by atoms with Gasteiger partial charge in [-0.05, 0) is 31.2 Å². The normalized spacial score (nSPS) is 12.2. The van der Waals surface area contributed by atoms with E-state index in [4.69, 9.17) is 0 Å². The van der Waals surface area contributed by atoms with Crippen molar-refractivity contribution in [2.75, 3.05) is 5.32 Å². The summed E-state index contributed by atoms with van der Waals surface area (Å²) in [6.07, 6.45) is 0. The quantitative estimate of drug-likeness (QED) is 0.795. The van der Waals surface area contributed by atoms with Crippen molar-refractivity contribution >= 4 is 5.69 Å². The lowest BCUT2D eigenvalue weighted by molar-refractivity contribution is 0.434. The van der Waals surface area contributed by atoms with Gasteiger partial charge in [-0.1, -0.05) is 12.1 Å². The Bertz CT molecular complexity index is 582. The van der Waals surface area contributed by atoms with Crippen molar-refractivity contribution in [1.82, 2.24) is 0 Å². The van der Waals surface area contributed by atoms with Crippen LogP contribution in [0.15, 0.2) is 36.4 Å². The monoisotopic (exact) mass is 265 g/mol. The molecule has 2 aromatic carbocycles. The van der Waals surface area contributed by atoms with E-state index in [1.807, 2.05) is 0 Å². The summed E-state index contributed by atoms with van der Waals surface area (Å²) in [6, 6.07) is 7.50. The summed E-state index contributed by atoms with van der Waals surface area (Å²) in [7, 11) is 0. The van der Waals surface area contributed by atoms with E-state index in [1.165, 1.54) is 30.3 Å². The molecule has 0 heterocycles. The minimum atomic E-state index is -0.996. The molecule has 3 nitrogen and oxygen atoms in total. The second-order valence-electron chi connectivity index (χ2n) is 4.18. The van der Waals surface area contributed by atoms with Crippen LogP contribution in [0, 0.1) is 11.6 Å². The molecule has 2 aromatic rings. The van der Waals surface area contributed by atoms with Crippen LogP contribution in [-0.2, 0) is 0 Å². The number of hydrogen-bond acceptors (Lipinski definition) is 3. The largest absolute Gasteiger partial charge is 0.507 e. The summed E-state index contributed by atoms with van der Waals surface area (Å²) < 4.78 is 26.6. The lowest BCUT2D eigenvalue weighted by atomic mass is 10.1. The van der Waals surface area contributed by atoms with Crippen molar-refractivity contribution in [2.45, 2.75) is 13.0 Å². The third-order valence-electron chi connectivity index (χ3n) is 2.82. The predicted molar refractivity (Wildman–Crippen MR) is 68.2 cm³/mol. The molecule has 0 aromatic heterocycles. The minimum Gasteiger partial charge on any atom is -0.507 e. The molecule has 5 heteroatoms. The molecule has 1 atom stereocenters. The van der Waals surface area contributed by atoms with Crippen LogP contribution < -0.4 is 5.32 Å². The van der Waals surface area contributed by atoms with Gasteiger partial charge in [-0.3, -0.25) is 0 Å². The fourth-order valence-corrected chi connectivity index (χ4v) is 1.91. The molecule has 19 heavy (non-hydrogen) atoms. The minimum absolute atomic E-state index is 0.0323.